The van der Waals surface area contributed by atoms with E-state index in [1.54, 1.807) is 4.68 Å². The molecule has 1 saturated carbocycles. The number of nitrogens with one attached hydrogen (secondary N) is 1. The number of rotatable bonds is 6. The molecule has 0 aliphatic heterocycles. The standard InChI is InChI=1S/C20H26N6O/c1-12-10-13(2)26(23-12)9-5-8-21-20(27)16-11-17(15-6-7-15)22-19-18(16)14(3)24-25(19)4/h10-11,15H,5-9H2,1-4H3,(H,21,27). The average Bonchev–Trinajstić information content (AvgIpc) is 3.37. The maximum Gasteiger partial charge on any atom is 0.252 e. The van der Waals surface area contributed by atoms with Gasteiger partial charge in [-0.15, -0.1) is 0 Å². The predicted octanol–water partition coefficient (Wildman–Crippen LogP) is 2.79. The maximum atomic E-state index is 12.9. The van der Waals surface area contributed by atoms with Gasteiger partial charge in [-0.05, 0) is 52.2 Å². The summed E-state index contributed by atoms with van der Waals surface area (Å²) < 4.78 is 3.76. The van der Waals surface area contributed by atoms with Crippen molar-refractivity contribution in [3.05, 3.63) is 40.5 Å². The Hall–Kier alpha value is -2.70. The summed E-state index contributed by atoms with van der Waals surface area (Å²) in [5, 5.41) is 12.9. The summed E-state index contributed by atoms with van der Waals surface area (Å²) in [7, 11) is 1.88. The van der Waals surface area contributed by atoms with Gasteiger partial charge in [0.2, 0.25) is 0 Å². The molecule has 3 aromatic heterocycles. The van der Waals surface area contributed by atoms with Crippen molar-refractivity contribution in [2.75, 3.05) is 6.54 Å². The number of aromatic nitrogens is 5. The second-order valence-corrected chi connectivity index (χ2v) is 7.54. The lowest BCUT2D eigenvalue weighted by atomic mass is 10.1. The highest BCUT2D eigenvalue weighted by atomic mass is 16.1. The number of carbonyl (C=O) groups is 1. The van der Waals surface area contributed by atoms with Crippen molar-refractivity contribution in [3.63, 3.8) is 0 Å². The van der Waals surface area contributed by atoms with Gasteiger partial charge in [0, 0.05) is 37.4 Å². The van der Waals surface area contributed by atoms with E-state index >= 15 is 0 Å². The molecular formula is C20H26N6O. The molecule has 142 valence electrons. The van der Waals surface area contributed by atoms with E-state index in [1.807, 2.05) is 31.6 Å². The van der Waals surface area contributed by atoms with E-state index in [2.05, 4.69) is 28.5 Å². The summed E-state index contributed by atoms with van der Waals surface area (Å²) in [6.07, 6.45) is 3.14. The summed E-state index contributed by atoms with van der Waals surface area (Å²) in [5.41, 5.74) is 5.52. The molecule has 3 heterocycles. The van der Waals surface area contributed by atoms with Gasteiger partial charge in [-0.3, -0.25) is 14.2 Å². The van der Waals surface area contributed by atoms with E-state index in [-0.39, 0.29) is 5.91 Å². The van der Waals surface area contributed by atoms with Crippen molar-refractivity contribution in [2.45, 2.75) is 52.5 Å². The largest absolute Gasteiger partial charge is 0.352 e. The Balaban J connectivity index is 1.49. The van der Waals surface area contributed by atoms with Gasteiger partial charge in [0.15, 0.2) is 5.65 Å². The van der Waals surface area contributed by atoms with E-state index in [1.165, 1.54) is 0 Å². The number of hydrogen-bond acceptors (Lipinski definition) is 4. The van der Waals surface area contributed by atoms with Crippen LogP contribution in [0.1, 0.15) is 58.3 Å². The summed E-state index contributed by atoms with van der Waals surface area (Å²) in [5.74, 6) is 0.441. The van der Waals surface area contributed by atoms with Crippen molar-refractivity contribution in [1.82, 2.24) is 29.9 Å². The van der Waals surface area contributed by atoms with Crippen LogP contribution in [-0.2, 0) is 13.6 Å². The van der Waals surface area contributed by atoms with Gasteiger partial charge in [-0.25, -0.2) is 4.98 Å². The molecule has 7 nitrogen and oxygen atoms in total. The second kappa shape index (κ2) is 6.79. The van der Waals surface area contributed by atoms with E-state index in [0.717, 1.165) is 59.6 Å². The zero-order valence-electron chi connectivity index (χ0n) is 16.4. The average molecular weight is 366 g/mol. The monoisotopic (exact) mass is 366 g/mol. The summed E-state index contributed by atoms with van der Waals surface area (Å²) in [6, 6.07) is 4.03. The molecule has 1 N–H and O–H groups in total. The SMILES string of the molecule is Cc1cc(C)n(CCCNC(=O)c2cc(C3CC3)nc3c2c(C)nn3C)n1. The van der Waals surface area contributed by atoms with Crippen molar-refractivity contribution in [2.24, 2.45) is 7.05 Å². The highest BCUT2D eigenvalue weighted by Crippen LogP contribution is 2.40. The van der Waals surface area contributed by atoms with Crippen LogP contribution >= 0.6 is 0 Å². The first-order chi connectivity index (χ1) is 12.9. The molecule has 1 aliphatic rings. The highest BCUT2D eigenvalue weighted by Gasteiger charge is 2.28. The second-order valence-electron chi connectivity index (χ2n) is 7.54. The van der Waals surface area contributed by atoms with E-state index in [0.29, 0.717) is 18.0 Å². The smallest absolute Gasteiger partial charge is 0.252 e. The molecule has 0 unspecified atom stereocenters. The quantitative estimate of drug-likeness (QED) is 0.681. The van der Waals surface area contributed by atoms with Crippen molar-refractivity contribution in [3.8, 4) is 0 Å². The fourth-order valence-electron chi connectivity index (χ4n) is 3.66. The minimum Gasteiger partial charge on any atom is -0.352 e. The molecule has 3 aromatic rings. The fraction of sp³-hybridized carbons (Fsp3) is 0.500. The van der Waals surface area contributed by atoms with Crippen molar-refractivity contribution in [1.29, 1.82) is 0 Å². The molecule has 0 bridgehead atoms. The van der Waals surface area contributed by atoms with Crippen LogP contribution in [0.3, 0.4) is 0 Å². The van der Waals surface area contributed by atoms with Gasteiger partial charge in [-0.1, -0.05) is 0 Å². The van der Waals surface area contributed by atoms with E-state index in [9.17, 15) is 4.79 Å². The summed E-state index contributed by atoms with van der Waals surface area (Å²) in [6.45, 7) is 7.38. The molecule has 0 radical (unpaired) electrons. The van der Waals surface area contributed by atoms with Crippen LogP contribution in [0.5, 0.6) is 0 Å². The molecule has 1 amide bonds. The number of amides is 1. The number of pyridine rings is 1. The van der Waals surface area contributed by atoms with Crippen molar-refractivity contribution < 1.29 is 4.79 Å². The number of aryl methyl sites for hydroxylation is 5. The third-order valence-electron chi connectivity index (χ3n) is 5.16. The predicted molar refractivity (Wildman–Crippen MR) is 104 cm³/mol. The van der Waals surface area contributed by atoms with Crippen LogP contribution in [-0.4, -0.2) is 37.0 Å². The Morgan fingerprint density at radius 2 is 2.00 bits per heavy atom. The van der Waals surface area contributed by atoms with E-state index in [4.69, 9.17) is 4.98 Å². The third kappa shape index (κ3) is 3.46. The molecule has 0 atom stereocenters. The molecule has 27 heavy (non-hydrogen) atoms. The van der Waals surface area contributed by atoms with Gasteiger partial charge >= 0.3 is 0 Å². The molecule has 4 rings (SSSR count). The topological polar surface area (TPSA) is 77.6 Å². The van der Waals surface area contributed by atoms with Gasteiger partial charge in [0.05, 0.1) is 22.3 Å². The molecule has 0 aromatic carbocycles. The lowest BCUT2D eigenvalue weighted by Crippen LogP contribution is -2.26. The molecule has 0 saturated heterocycles. The Kier molecular flexibility index (Phi) is 4.45. The van der Waals surface area contributed by atoms with Crippen LogP contribution in [0.2, 0.25) is 0 Å². The normalized spacial score (nSPS) is 14.1. The lowest BCUT2D eigenvalue weighted by Gasteiger charge is -2.09. The van der Waals surface area contributed by atoms with Crippen LogP contribution < -0.4 is 5.32 Å². The lowest BCUT2D eigenvalue weighted by molar-refractivity contribution is 0.0954. The van der Waals surface area contributed by atoms with Crippen LogP contribution in [0.15, 0.2) is 12.1 Å². The highest BCUT2D eigenvalue weighted by molar-refractivity contribution is 6.06. The Bertz CT molecular complexity index is 1010. The first-order valence-corrected chi connectivity index (χ1v) is 9.57. The maximum absolute atomic E-state index is 12.9. The minimum atomic E-state index is -0.0474. The van der Waals surface area contributed by atoms with Crippen LogP contribution in [0, 0.1) is 20.8 Å². The molecule has 1 aliphatic carbocycles. The van der Waals surface area contributed by atoms with Gasteiger partial charge in [0.25, 0.3) is 5.91 Å². The first-order valence-electron chi connectivity index (χ1n) is 9.57. The fourth-order valence-corrected chi connectivity index (χ4v) is 3.66. The Labute approximate surface area is 158 Å². The Morgan fingerprint density at radius 3 is 2.67 bits per heavy atom. The third-order valence-corrected chi connectivity index (χ3v) is 5.16. The molecule has 7 heteroatoms. The van der Waals surface area contributed by atoms with Gasteiger partial charge < -0.3 is 5.32 Å². The number of fused-ring (bicyclic) bond motifs is 1. The molecular weight excluding hydrogens is 340 g/mol. The zero-order valence-corrected chi connectivity index (χ0v) is 16.4. The summed E-state index contributed by atoms with van der Waals surface area (Å²) in [4.78, 5) is 17.7. The minimum absolute atomic E-state index is 0.0474. The summed E-state index contributed by atoms with van der Waals surface area (Å²) >= 11 is 0. The molecule has 0 spiro atoms. The van der Waals surface area contributed by atoms with E-state index < -0.39 is 0 Å². The molecule has 1 fully saturated rings. The first kappa shape index (κ1) is 17.7. The van der Waals surface area contributed by atoms with Gasteiger partial charge in [0.1, 0.15) is 0 Å². The van der Waals surface area contributed by atoms with Crippen molar-refractivity contribution >= 4 is 16.9 Å². The zero-order chi connectivity index (χ0) is 19.1. The number of nitrogens with zero attached hydrogens (tertiary/aromatic N) is 5. The van der Waals surface area contributed by atoms with Crippen LogP contribution in [0.25, 0.3) is 11.0 Å². The Morgan fingerprint density at radius 1 is 1.22 bits per heavy atom. The van der Waals surface area contributed by atoms with Crippen LogP contribution in [0.4, 0.5) is 0 Å². The number of carbonyl (C=O) groups excluding carboxylic acids is 1. The van der Waals surface area contributed by atoms with Gasteiger partial charge in [-0.2, -0.15) is 10.2 Å². The number of hydrogen-bond donors (Lipinski definition) is 1.